The van der Waals surface area contributed by atoms with E-state index in [-0.39, 0.29) is 0 Å². The highest BCUT2D eigenvalue weighted by Crippen LogP contribution is 2.52. The van der Waals surface area contributed by atoms with Crippen molar-refractivity contribution < 1.29 is 4.98 Å². The van der Waals surface area contributed by atoms with Crippen LogP contribution in [0.5, 0.6) is 0 Å². The summed E-state index contributed by atoms with van der Waals surface area (Å²) in [4.78, 5) is 42.4. The van der Waals surface area contributed by atoms with Gasteiger partial charge in [-0.3, -0.25) is 4.98 Å². The predicted octanol–water partition coefficient (Wildman–Crippen LogP) is 19.4. The quantitative estimate of drug-likeness (QED) is 0.124. The molecule has 0 atom stereocenters. The second-order valence-corrected chi connectivity index (χ2v) is 26.4. The molecule has 380 valence electrons. The van der Waals surface area contributed by atoms with Crippen LogP contribution >= 0.6 is 70.6 Å². The van der Waals surface area contributed by atoms with Crippen molar-refractivity contribution in [3.05, 3.63) is 215 Å². The fourth-order valence-corrected chi connectivity index (χ4v) is 15.3. The molecule has 0 unspecified atom stereocenters. The van der Waals surface area contributed by atoms with E-state index in [9.17, 15) is 0 Å². The van der Waals surface area contributed by atoms with E-state index in [2.05, 4.69) is 238 Å². The molecule has 13 rings (SSSR count). The average molecular weight is 1120 g/mol. The Morgan fingerprint density at radius 3 is 0.987 bits per heavy atom. The van der Waals surface area contributed by atoms with Gasteiger partial charge in [0, 0.05) is 69.7 Å². The molecule has 9 aromatic carbocycles. The molecule has 2 aromatic heterocycles. The van der Waals surface area contributed by atoms with Crippen LogP contribution in [0.1, 0.15) is 33.4 Å². The van der Waals surface area contributed by atoms with E-state index >= 15 is 0 Å². The molecule has 0 radical (unpaired) electrons. The maximum atomic E-state index is 5.81. The highest BCUT2D eigenvalue weighted by molar-refractivity contribution is 8.01. The van der Waals surface area contributed by atoms with Gasteiger partial charge in [-0.05, 0) is 151 Å². The number of nitrogens with one attached hydrogen (secondary N) is 3. The van der Waals surface area contributed by atoms with Crippen molar-refractivity contribution in [2.75, 3.05) is 0 Å². The standard InChI is InChI=1S/C66H50N6S6/c1-37-7-19-43(20-8-37)73-49-31-32-50(74-44-21-9-38(2)10-22-44)56-55(49)61-67-62(56)71-64-59-53(77-47-27-15-41(5)16-28-47)35-36-54(78-48-29-17-42(6)18-30-48)60(59)66(69-64)72-65-58-52(76-46-25-13-40(4)14-26-46)34-33-51(57(58)63(68-65)70-61)75-45-23-11-39(3)12-24-45/h7-36H,1-6H3,(H2,67,68,69,70,71,72)/p+1. The van der Waals surface area contributed by atoms with Crippen LogP contribution in [-0.2, 0) is 0 Å². The van der Waals surface area contributed by atoms with Crippen LogP contribution in [0.3, 0.4) is 0 Å². The lowest BCUT2D eigenvalue weighted by Gasteiger charge is -2.13. The fourth-order valence-electron chi connectivity index (χ4n) is 9.56. The van der Waals surface area contributed by atoms with Crippen molar-refractivity contribution in [3.8, 4) is 45.6 Å². The monoisotopic (exact) mass is 1120 g/mol. The van der Waals surface area contributed by atoms with Crippen LogP contribution in [0.4, 0.5) is 0 Å². The van der Waals surface area contributed by atoms with Gasteiger partial charge in [-0.1, -0.05) is 182 Å². The number of nitrogens with zero attached hydrogens (tertiary/aromatic N) is 3. The molecule has 78 heavy (non-hydrogen) atoms. The summed E-state index contributed by atoms with van der Waals surface area (Å²) in [5.74, 6) is 2.86. The van der Waals surface area contributed by atoms with Crippen LogP contribution in [0.15, 0.2) is 241 Å². The number of H-pyrrole nitrogens is 3. The average Bonchev–Trinajstić information content (AvgIpc) is 4.34. The van der Waals surface area contributed by atoms with Crippen molar-refractivity contribution in [1.29, 1.82) is 0 Å². The van der Waals surface area contributed by atoms with Crippen LogP contribution in [-0.4, -0.2) is 24.9 Å². The molecule has 2 aliphatic rings. The summed E-state index contributed by atoms with van der Waals surface area (Å²) in [5.41, 5.74) is 12.7. The third-order valence-electron chi connectivity index (χ3n) is 13.7. The highest BCUT2D eigenvalue weighted by Gasteiger charge is 2.34. The van der Waals surface area contributed by atoms with Gasteiger partial charge in [0.25, 0.3) is 5.82 Å². The summed E-state index contributed by atoms with van der Waals surface area (Å²) in [6.07, 6.45) is 0. The maximum absolute atomic E-state index is 5.81. The smallest absolute Gasteiger partial charge is 0.272 e. The third-order valence-corrected chi connectivity index (χ3v) is 20.1. The Kier molecular flexibility index (Phi) is 13.9. The minimum absolute atomic E-state index is 0.618. The van der Waals surface area contributed by atoms with Gasteiger partial charge in [-0.2, -0.15) is 4.98 Å². The summed E-state index contributed by atoms with van der Waals surface area (Å²) >= 11 is 10.5. The molecule has 0 spiro atoms. The van der Waals surface area contributed by atoms with Crippen molar-refractivity contribution in [2.45, 2.75) is 100 Å². The van der Waals surface area contributed by atoms with Gasteiger partial charge in [0.2, 0.25) is 17.3 Å². The Labute approximate surface area is 480 Å². The van der Waals surface area contributed by atoms with Crippen LogP contribution < -0.4 is 4.98 Å². The Bertz CT molecular complexity index is 3960. The topological polar surface area (TPSA) is 84.4 Å². The molecule has 0 aliphatic carbocycles. The molecular formula is C66H51N6S6+. The number of hydrogen-bond donors (Lipinski definition) is 2. The summed E-state index contributed by atoms with van der Waals surface area (Å²) in [5, 5.41) is 1.98. The molecule has 0 saturated carbocycles. The van der Waals surface area contributed by atoms with E-state index < -0.39 is 0 Å². The van der Waals surface area contributed by atoms with Gasteiger partial charge >= 0.3 is 0 Å². The van der Waals surface area contributed by atoms with E-state index in [0.29, 0.717) is 22.9 Å². The lowest BCUT2D eigenvalue weighted by atomic mass is 10.1. The fraction of sp³-hybridized carbons (Fsp3) is 0.0909. The van der Waals surface area contributed by atoms with E-state index in [1.165, 1.54) is 33.4 Å². The van der Waals surface area contributed by atoms with Crippen molar-refractivity contribution >= 4 is 92.6 Å². The van der Waals surface area contributed by atoms with Gasteiger partial charge in [0.05, 0.1) is 22.1 Å². The van der Waals surface area contributed by atoms with Crippen molar-refractivity contribution in [1.82, 2.24) is 24.9 Å². The molecule has 12 heteroatoms. The molecule has 6 nitrogen and oxygen atoms in total. The van der Waals surface area contributed by atoms with E-state index in [4.69, 9.17) is 15.0 Å². The van der Waals surface area contributed by atoms with E-state index in [0.717, 1.165) is 103 Å². The third kappa shape index (κ3) is 10.3. The Morgan fingerprint density at radius 1 is 0.295 bits per heavy atom. The van der Waals surface area contributed by atoms with Gasteiger partial charge in [-0.25, -0.2) is 9.97 Å². The number of fused-ring (bicyclic) bond motifs is 15. The molecule has 6 bridgehead atoms. The molecule has 4 heterocycles. The summed E-state index contributed by atoms with van der Waals surface area (Å²) in [7, 11) is 0. The van der Waals surface area contributed by atoms with Gasteiger partial charge < -0.3 is 4.98 Å². The van der Waals surface area contributed by atoms with Gasteiger partial charge in [-0.15, -0.1) is 0 Å². The number of aromatic nitrogens is 6. The first-order valence-corrected chi connectivity index (χ1v) is 30.6. The molecule has 11 aromatic rings. The van der Waals surface area contributed by atoms with Gasteiger partial charge in [0.15, 0.2) is 5.82 Å². The minimum atomic E-state index is 0.618. The maximum Gasteiger partial charge on any atom is 0.272 e. The van der Waals surface area contributed by atoms with Crippen LogP contribution in [0, 0.1) is 41.5 Å². The van der Waals surface area contributed by atoms with E-state index in [1.807, 2.05) is 0 Å². The largest absolute Gasteiger partial charge is 0.310 e. The molecule has 0 amide bonds. The predicted molar refractivity (Wildman–Crippen MR) is 327 cm³/mol. The zero-order chi connectivity index (χ0) is 53.0. The molecule has 3 N–H and O–H groups in total. The summed E-state index contributed by atoms with van der Waals surface area (Å²) < 4.78 is 0. The SMILES string of the molecule is Cc1ccc(Sc2ccc(Sc3ccc(C)cc3)c3c2-c2nc-3[nH]c3[nH+]c(nc4[nH]c(n2)c2c(Sc5ccc(C)cc5)ccc(Sc5ccc(C)cc5)c42)-c2c(Sc4ccc(C)cc4)ccc(Sc4ccc(C)cc4)c2-3)cc1. The van der Waals surface area contributed by atoms with Crippen LogP contribution in [0.25, 0.3) is 67.6 Å². The van der Waals surface area contributed by atoms with Crippen molar-refractivity contribution in [2.24, 2.45) is 0 Å². The van der Waals surface area contributed by atoms with Crippen molar-refractivity contribution in [3.63, 3.8) is 0 Å². The summed E-state index contributed by atoms with van der Waals surface area (Å²) in [6.45, 7) is 12.8. The highest BCUT2D eigenvalue weighted by atomic mass is 32.2. The van der Waals surface area contributed by atoms with Gasteiger partial charge in [0.1, 0.15) is 5.65 Å². The number of aromatic amines is 3. The van der Waals surface area contributed by atoms with E-state index in [1.54, 1.807) is 70.6 Å². The molecule has 2 aliphatic heterocycles. The normalized spacial score (nSPS) is 11.8. The lowest BCUT2D eigenvalue weighted by molar-refractivity contribution is -0.353. The minimum Gasteiger partial charge on any atom is -0.310 e. The zero-order valence-corrected chi connectivity index (χ0v) is 48.5. The molecule has 0 saturated heterocycles. The summed E-state index contributed by atoms with van der Waals surface area (Å²) in [6, 6.07) is 66.2. The number of hydrogen-bond acceptors (Lipinski definition) is 9. The lowest BCUT2D eigenvalue weighted by Crippen LogP contribution is -2.06. The zero-order valence-electron chi connectivity index (χ0n) is 43.6. The first-order chi connectivity index (χ1) is 38.0. The first kappa shape index (κ1) is 50.6. The van der Waals surface area contributed by atoms with Crippen LogP contribution in [0.2, 0.25) is 0 Å². The second-order valence-electron chi connectivity index (χ2n) is 19.7. The Morgan fingerprint density at radius 2 is 0.603 bits per heavy atom. The molecular weight excluding hydrogens is 1070 g/mol. The number of aryl methyl sites for hydroxylation is 6. The number of rotatable bonds is 12. The number of benzene rings is 9. The first-order valence-electron chi connectivity index (χ1n) is 25.7. The molecule has 0 fully saturated rings. The Balaban J connectivity index is 1.15. The second kappa shape index (κ2) is 21.4. The Hall–Kier alpha value is -6.90.